The van der Waals surface area contributed by atoms with Crippen LogP contribution in [0.1, 0.15) is 62.1 Å². The van der Waals surface area contributed by atoms with Crippen LogP contribution in [-0.2, 0) is 30.4 Å². The molecule has 0 aliphatic heterocycles. The van der Waals surface area contributed by atoms with Crippen molar-refractivity contribution < 1.29 is 27.8 Å². The Kier molecular flexibility index (Phi) is 9.92. The summed E-state index contributed by atoms with van der Waals surface area (Å²) in [6.07, 6.45) is -1.43. The number of nitrogens with zero attached hydrogens (tertiary/aromatic N) is 2. The van der Waals surface area contributed by atoms with Crippen LogP contribution in [0.2, 0.25) is 0 Å². The van der Waals surface area contributed by atoms with E-state index in [2.05, 4.69) is 25.9 Å². The zero-order valence-corrected chi connectivity index (χ0v) is 20.8. The largest absolute Gasteiger partial charge is 0.489 e. The van der Waals surface area contributed by atoms with E-state index in [0.717, 1.165) is 40.4 Å². The number of aryl methyl sites for hydroxylation is 3. The second-order valence-corrected chi connectivity index (χ2v) is 8.95. The van der Waals surface area contributed by atoms with Crippen molar-refractivity contribution in [2.45, 2.75) is 66.7 Å². The number of hydrogen-bond acceptors (Lipinski definition) is 3. The van der Waals surface area contributed by atoms with Crippen molar-refractivity contribution in [1.82, 2.24) is 9.78 Å². The summed E-state index contributed by atoms with van der Waals surface area (Å²) in [6, 6.07) is 10.4. The first-order valence-corrected chi connectivity index (χ1v) is 11.6. The van der Waals surface area contributed by atoms with Crippen molar-refractivity contribution >= 4 is 5.97 Å². The number of benzene rings is 2. The van der Waals surface area contributed by atoms with E-state index < -0.39 is 17.7 Å². The van der Waals surface area contributed by atoms with E-state index in [1.165, 1.54) is 12.1 Å². The standard InChI is InChI=1S/C23H23F3N2O3.C4H10/c1-3-21-17(13-28(27-21)19-8-6-18(7-9-19)23(24,25)26)14-31-20-10-4-16(15(2)12-20)5-11-22(29)30;1-4(2)3/h4,6-10,12-13H,3,5,11,14H2,1-2H3,(H,29,30);4H,1-3H3. The molecule has 0 spiro atoms. The summed E-state index contributed by atoms with van der Waals surface area (Å²) in [4.78, 5) is 10.8. The summed E-state index contributed by atoms with van der Waals surface area (Å²) in [6.45, 7) is 10.6. The number of ether oxygens (including phenoxy) is 1. The predicted octanol–water partition coefficient (Wildman–Crippen LogP) is 7.02. The zero-order valence-electron chi connectivity index (χ0n) is 20.8. The normalized spacial score (nSPS) is 11.2. The lowest BCUT2D eigenvalue weighted by Gasteiger charge is -2.10. The fraction of sp³-hybridized carbons (Fsp3) is 0.407. The molecule has 0 atom stereocenters. The van der Waals surface area contributed by atoms with Gasteiger partial charge in [0.2, 0.25) is 0 Å². The Labute approximate surface area is 204 Å². The SMILES string of the molecule is CC(C)C.CCc1nn(-c2ccc(C(F)(F)F)cc2)cc1COc1ccc(CCC(=O)O)c(C)c1. The van der Waals surface area contributed by atoms with Crippen LogP contribution in [0.3, 0.4) is 0 Å². The maximum Gasteiger partial charge on any atom is 0.416 e. The molecule has 190 valence electrons. The van der Waals surface area contributed by atoms with Gasteiger partial charge in [-0.25, -0.2) is 4.68 Å². The van der Waals surface area contributed by atoms with Gasteiger partial charge in [-0.05, 0) is 73.2 Å². The Morgan fingerprint density at radius 3 is 2.23 bits per heavy atom. The van der Waals surface area contributed by atoms with Gasteiger partial charge in [-0.3, -0.25) is 4.79 Å². The first-order valence-electron chi connectivity index (χ1n) is 11.6. The monoisotopic (exact) mass is 490 g/mol. The molecule has 1 N–H and O–H groups in total. The number of halogens is 3. The second kappa shape index (κ2) is 12.4. The van der Waals surface area contributed by atoms with E-state index in [9.17, 15) is 18.0 Å². The molecule has 0 radical (unpaired) electrons. The maximum absolute atomic E-state index is 12.8. The van der Waals surface area contributed by atoms with Gasteiger partial charge in [0.05, 0.1) is 16.9 Å². The Morgan fingerprint density at radius 1 is 1.09 bits per heavy atom. The van der Waals surface area contributed by atoms with Crippen LogP contribution in [0, 0.1) is 12.8 Å². The van der Waals surface area contributed by atoms with Crippen molar-refractivity contribution in [3.8, 4) is 11.4 Å². The fourth-order valence-corrected chi connectivity index (χ4v) is 3.24. The van der Waals surface area contributed by atoms with Gasteiger partial charge in [-0.1, -0.05) is 33.8 Å². The summed E-state index contributed by atoms with van der Waals surface area (Å²) in [7, 11) is 0. The molecule has 3 rings (SSSR count). The minimum atomic E-state index is -4.38. The highest BCUT2D eigenvalue weighted by Gasteiger charge is 2.30. The van der Waals surface area contributed by atoms with E-state index in [1.807, 2.05) is 26.0 Å². The average Bonchev–Trinajstić information content (AvgIpc) is 3.19. The molecule has 0 saturated carbocycles. The molecule has 0 amide bonds. The smallest absolute Gasteiger partial charge is 0.416 e. The number of carboxylic acids is 1. The zero-order chi connectivity index (χ0) is 26.2. The molecule has 0 bridgehead atoms. The van der Waals surface area contributed by atoms with Gasteiger partial charge in [0.1, 0.15) is 12.4 Å². The highest BCUT2D eigenvalue weighted by molar-refractivity contribution is 5.67. The van der Waals surface area contributed by atoms with E-state index in [4.69, 9.17) is 9.84 Å². The third kappa shape index (κ3) is 8.77. The van der Waals surface area contributed by atoms with Crippen LogP contribution >= 0.6 is 0 Å². The Hall–Kier alpha value is -3.29. The minimum Gasteiger partial charge on any atom is -0.489 e. The molecule has 0 fully saturated rings. The number of hydrogen-bond donors (Lipinski definition) is 1. The summed E-state index contributed by atoms with van der Waals surface area (Å²) >= 11 is 0. The lowest BCUT2D eigenvalue weighted by atomic mass is 10.0. The van der Waals surface area contributed by atoms with Gasteiger partial charge in [0.15, 0.2) is 0 Å². The molecule has 3 aromatic rings. The van der Waals surface area contributed by atoms with Gasteiger partial charge in [-0.15, -0.1) is 0 Å². The molecule has 5 nitrogen and oxygen atoms in total. The fourth-order valence-electron chi connectivity index (χ4n) is 3.24. The predicted molar refractivity (Wildman–Crippen MR) is 130 cm³/mol. The number of aliphatic carboxylic acids is 1. The molecule has 35 heavy (non-hydrogen) atoms. The summed E-state index contributed by atoms with van der Waals surface area (Å²) in [5.41, 5.74) is 3.39. The molecule has 0 unspecified atom stereocenters. The first kappa shape index (κ1) is 28.0. The molecule has 8 heteroatoms. The number of alkyl halides is 3. The van der Waals surface area contributed by atoms with Crippen LogP contribution < -0.4 is 4.74 Å². The molecule has 1 heterocycles. The third-order valence-electron chi connectivity index (χ3n) is 4.99. The van der Waals surface area contributed by atoms with E-state index in [1.54, 1.807) is 16.9 Å². The van der Waals surface area contributed by atoms with Crippen molar-refractivity contribution in [2.24, 2.45) is 5.92 Å². The Bertz CT molecular complexity index is 1100. The third-order valence-corrected chi connectivity index (χ3v) is 4.99. The molecule has 0 aliphatic carbocycles. The number of carboxylic acid groups (broad SMARTS) is 1. The molecule has 1 aromatic heterocycles. The van der Waals surface area contributed by atoms with Crippen molar-refractivity contribution in [2.75, 3.05) is 0 Å². The topological polar surface area (TPSA) is 64.4 Å². The van der Waals surface area contributed by atoms with Gasteiger partial charge < -0.3 is 9.84 Å². The van der Waals surface area contributed by atoms with Crippen LogP contribution in [0.4, 0.5) is 13.2 Å². The molecular formula is C27H33F3N2O3. The summed E-state index contributed by atoms with van der Waals surface area (Å²) < 4.78 is 45.8. The lowest BCUT2D eigenvalue weighted by molar-refractivity contribution is -0.138. The van der Waals surface area contributed by atoms with E-state index in [-0.39, 0.29) is 13.0 Å². The molecule has 0 aliphatic rings. The number of carbonyl (C=O) groups is 1. The highest BCUT2D eigenvalue weighted by Crippen LogP contribution is 2.29. The van der Waals surface area contributed by atoms with Crippen molar-refractivity contribution in [1.29, 1.82) is 0 Å². The van der Waals surface area contributed by atoms with Crippen LogP contribution in [0.5, 0.6) is 5.75 Å². The highest BCUT2D eigenvalue weighted by atomic mass is 19.4. The Balaban J connectivity index is 0.00000100. The van der Waals surface area contributed by atoms with Crippen LogP contribution in [-0.4, -0.2) is 20.9 Å². The van der Waals surface area contributed by atoms with Gasteiger partial charge in [0, 0.05) is 18.2 Å². The van der Waals surface area contributed by atoms with E-state index in [0.29, 0.717) is 24.3 Å². The summed E-state index contributed by atoms with van der Waals surface area (Å²) in [5.74, 6) is 0.651. The minimum absolute atomic E-state index is 0.0735. The Morgan fingerprint density at radius 2 is 1.71 bits per heavy atom. The molecular weight excluding hydrogens is 457 g/mol. The number of rotatable bonds is 8. The van der Waals surface area contributed by atoms with Gasteiger partial charge >= 0.3 is 12.1 Å². The lowest BCUT2D eigenvalue weighted by Crippen LogP contribution is -2.05. The first-order chi connectivity index (χ1) is 16.4. The second-order valence-electron chi connectivity index (χ2n) is 8.95. The van der Waals surface area contributed by atoms with Crippen LogP contribution in [0.25, 0.3) is 5.69 Å². The van der Waals surface area contributed by atoms with Crippen LogP contribution in [0.15, 0.2) is 48.7 Å². The summed E-state index contributed by atoms with van der Waals surface area (Å²) in [5, 5.41) is 13.3. The van der Waals surface area contributed by atoms with Gasteiger partial charge in [0.25, 0.3) is 0 Å². The quantitative estimate of drug-likeness (QED) is 0.369. The molecule has 0 saturated heterocycles. The van der Waals surface area contributed by atoms with Crippen molar-refractivity contribution in [3.63, 3.8) is 0 Å². The average molecular weight is 491 g/mol. The van der Waals surface area contributed by atoms with E-state index >= 15 is 0 Å². The van der Waals surface area contributed by atoms with Crippen molar-refractivity contribution in [3.05, 3.63) is 76.6 Å². The number of aromatic nitrogens is 2. The maximum atomic E-state index is 12.8. The van der Waals surface area contributed by atoms with Gasteiger partial charge in [-0.2, -0.15) is 18.3 Å². The molecule has 2 aromatic carbocycles.